The fourth-order valence-electron chi connectivity index (χ4n) is 1.14. The Balaban J connectivity index is 3.21. The molecule has 1 rings (SSSR count). The van der Waals surface area contributed by atoms with E-state index in [1.165, 1.54) is 12.1 Å². The lowest BCUT2D eigenvalue weighted by atomic mass is 10.1. The molecule has 0 fully saturated rings. The molecule has 0 spiro atoms. The van der Waals surface area contributed by atoms with Crippen LogP contribution in [0.5, 0.6) is 0 Å². The molecular formula is C8H11N3O3. The summed E-state index contributed by atoms with van der Waals surface area (Å²) in [5.74, 6) is 0. The van der Waals surface area contributed by atoms with Crippen molar-refractivity contribution >= 4 is 17.1 Å². The summed E-state index contributed by atoms with van der Waals surface area (Å²) in [6, 6.07) is 2.85. The standard InChI is InChI=1S/C8H11N3O3/c9-6-3-5(1-2-12)4-7(8(6)10)11(13)14/h3-4,12H,1-2,9-10H2. The van der Waals surface area contributed by atoms with Crippen LogP contribution in [0.25, 0.3) is 0 Å². The van der Waals surface area contributed by atoms with Gasteiger partial charge >= 0.3 is 0 Å². The third-order valence-corrected chi connectivity index (χ3v) is 1.85. The lowest BCUT2D eigenvalue weighted by Gasteiger charge is -2.04. The molecule has 0 aromatic heterocycles. The minimum Gasteiger partial charge on any atom is -0.397 e. The molecule has 1 aromatic carbocycles. The first-order valence-electron chi connectivity index (χ1n) is 3.99. The summed E-state index contributed by atoms with van der Waals surface area (Å²) in [6.45, 7) is -0.0828. The van der Waals surface area contributed by atoms with Gasteiger partial charge in [0.15, 0.2) is 0 Å². The predicted octanol–water partition coefficient (Wildman–Crippen LogP) is 0.294. The van der Waals surface area contributed by atoms with E-state index < -0.39 is 4.92 Å². The van der Waals surface area contributed by atoms with Crippen LogP contribution in [0, 0.1) is 10.1 Å². The molecular weight excluding hydrogens is 186 g/mol. The minimum atomic E-state index is -0.591. The summed E-state index contributed by atoms with van der Waals surface area (Å²) >= 11 is 0. The summed E-state index contributed by atoms with van der Waals surface area (Å²) < 4.78 is 0. The molecule has 0 aliphatic carbocycles. The van der Waals surface area contributed by atoms with Crippen LogP contribution < -0.4 is 11.5 Å². The second-order valence-electron chi connectivity index (χ2n) is 2.85. The molecule has 0 bridgehead atoms. The van der Waals surface area contributed by atoms with Crippen molar-refractivity contribution in [3.63, 3.8) is 0 Å². The first-order valence-corrected chi connectivity index (χ1v) is 3.99. The van der Waals surface area contributed by atoms with Crippen molar-refractivity contribution in [1.29, 1.82) is 0 Å². The van der Waals surface area contributed by atoms with Crippen molar-refractivity contribution in [3.05, 3.63) is 27.8 Å². The van der Waals surface area contributed by atoms with E-state index in [0.717, 1.165) is 0 Å². The number of benzene rings is 1. The van der Waals surface area contributed by atoms with Crippen molar-refractivity contribution in [2.45, 2.75) is 6.42 Å². The van der Waals surface area contributed by atoms with Crippen molar-refractivity contribution in [3.8, 4) is 0 Å². The number of aliphatic hydroxyl groups is 1. The Hall–Kier alpha value is -1.82. The van der Waals surface area contributed by atoms with Gasteiger partial charge in [-0.05, 0) is 18.1 Å². The Kier molecular flexibility index (Phi) is 2.88. The Labute approximate surface area is 80.3 Å². The summed E-state index contributed by atoms with van der Waals surface area (Å²) in [7, 11) is 0. The van der Waals surface area contributed by atoms with Crippen LogP contribution in [-0.2, 0) is 6.42 Å². The topological polar surface area (TPSA) is 115 Å². The second-order valence-corrected chi connectivity index (χ2v) is 2.85. The molecule has 0 amide bonds. The molecule has 6 heteroatoms. The van der Waals surface area contributed by atoms with Gasteiger partial charge in [-0.1, -0.05) is 0 Å². The highest BCUT2D eigenvalue weighted by Gasteiger charge is 2.15. The third kappa shape index (κ3) is 1.91. The summed E-state index contributed by atoms with van der Waals surface area (Å²) in [6.07, 6.45) is 0.325. The Morgan fingerprint density at radius 2 is 2.07 bits per heavy atom. The highest BCUT2D eigenvalue weighted by atomic mass is 16.6. The maximum Gasteiger partial charge on any atom is 0.294 e. The summed E-state index contributed by atoms with van der Waals surface area (Å²) in [5, 5.41) is 19.2. The van der Waals surface area contributed by atoms with Crippen molar-refractivity contribution in [2.24, 2.45) is 0 Å². The lowest BCUT2D eigenvalue weighted by Crippen LogP contribution is -2.03. The first kappa shape index (κ1) is 10.3. The number of nitrogen functional groups attached to an aromatic ring is 2. The smallest absolute Gasteiger partial charge is 0.294 e. The van der Waals surface area contributed by atoms with Gasteiger partial charge in [0.25, 0.3) is 5.69 Å². The van der Waals surface area contributed by atoms with Crippen LogP contribution in [0.2, 0.25) is 0 Å². The van der Waals surface area contributed by atoms with E-state index in [2.05, 4.69) is 0 Å². The molecule has 0 radical (unpaired) electrons. The largest absolute Gasteiger partial charge is 0.397 e. The lowest BCUT2D eigenvalue weighted by molar-refractivity contribution is -0.383. The number of hydrogen-bond acceptors (Lipinski definition) is 5. The molecule has 0 heterocycles. The van der Waals surface area contributed by atoms with Gasteiger partial charge in [-0.3, -0.25) is 10.1 Å². The molecule has 6 nitrogen and oxygen atoms in total. The van der Waals surface area contributed by atoms with Gasteiger partial charge in [-0.15, -0.1) is 0 Å². The Morgan fingerprint density at radius 1 is 1.43 bits per heavy atom. The second kappa shape index (κ2) is 3.93. The van der Waals surface area contributed by atoms with E-state index >= 15 is 0 Å². The quantitative estimate of drug-likeness (QED) is 0.366. The molecule has 5 N–H and O–H groups in total. The van der Waals surface area contributed by atoms with Gasteiger partial charge in [-0.2, -0.15) is 0 Å². The molecule has 0 saturated carbocycles. The van der Waals surface area contributed by atoms with Crippen LogP contribution >= 0.6 is 0 Å². The van der Waals surface area contributed by atoms with Crippen LogP contribution in [0.1, 0.15) is 5.56 Å². The fourth-order valence-corrected chi connectivity index (χ4v) is 1.14. The maximum absolute atomic E-state index is 10.5. The number of aliphatic hydroxyl groups excluding tert-OH is 1. The predicted molar refractivity (Wildman–Crippen MR) is 52.7 cm³/mol. The van der Waals surface area contributed by atoms with Crippen LogP contribution in [0.15, 0.2) is 12.1 Å². The minimum absolute atomic E-state index is 0.0308. The number of hydrogen-bond donors (Lipinski definition) is 3. The van der Waals surface area contributed by atoms with Crippen molar-refractivity contribution in [2.75, 3.05) is 18.1 Å². The normalized spacial score (nSPS) is 10.1. The Bertz CT molecular complexity index is 365. The number of nitro benzene ring substituents is 1. The molecule has 0 aliphatic heterocycles. The van der Waals surface area contributed by atoms with Gasteiger partial charge in [0.1, 0.15) is 5.69 Å². The van der Waals surface area contributed by atoms with Gasteiger partial charge in [-0.25, -0.2) is 0 Å². The van der Waals surface area contributed by atoms with E-state index in [-0.39, 0.29) is 23.7 Å². The molecule has 14 heavy (non-hydrogen) atoms. The maximum atomic E-state index is 10.5. The average Bonchev–Trinajstić information content (AvgIpc) is 2.11. The number of rotatable bonds is 3. The van der Waals surface area contributed by atoms with Crippen LogP contribution in [0.3, 0.4) is 0 Å². The molecule has 76 valence electrons. The molecule has 0 saturated heterocycles. The van der Waals surface area contributed by atoms with Gasteiger partial charge in [0.2, 0.25) is 0 Å². The van der Waals surface area contributed by atoms with Crippen LogP contribution in [-0.4, -0.2) is 16.6 Å². The highest BCUT2D eigenvalue weighted by molar-refractivity contribution is 5.75. The number of nitrogens with two attached hydrogens (primary N) is 2. The number of nitro groups is 1. The zero-order chi connectivity index (χ0) is 10.7. The third-order valence-electron chi connectivity index (χ3n) is 1.85. The van der Waals surface area contributed by atoms with E-state index in [1.54, 1.807) is 0 Å². The fraction of sp³-hybridized carbons (Fsp3) is 0.250. The molecule has 0 atom stereocenters. The zero-order valence-corrected chi connectivity index (χ0v) is 7.43. The van der Waals surface area contributed by atoms with Crippen LogP contribution in [0.4, 0.5) is 17.1 Å². The summed E-state index contributed by atoms with van der Waals surface area (Å²) in [4.78, 5) is 9.95. The summed E-state index contributed by atoms with van der Waals surface area (Å²) in [5.41, 5.74) is 11.4. The first-order chi connectivity index (χ1) is 6.56. The average molecular weight is 197 g/mol. The highest BCUT2D eigenvalue weighted by Crippen LogP contribution is 2.28. The molecule has 0 aliphatic rings. The SMILES string of the molecule is Nc1cc(CCO)cc([N+](=O)[O-])c1N. The number of nitrogens with zero attached hydrogens (tertiary/aromatic N) is 1. The van der Waals surface area contributed by atoms with E-state index in [9.17, 15) is 10.1 Å². The van der Waals surface area contributed by atoms with Gasteiger partial charge in [0.05, 0.1) is 10.6 Å². The molecule has 0 unspecified atom stereocenters. The van der Waals surface area contributed by atoms with E-state index in [0.29, 0.717) is 12.0 Å². The monoisotopic (exact) mass is 197 g/mol. The van der Waals surface area contributed by atoms with Crippen molar-refractivity contribution in [1.82, 2.24) is 0 Å². The van der Waals surface area contributed by atoms with Crippen molar-refractivity contribution < 1.29 is 10.0 Å². The van der Waals surface area contributed by atoms with E-state index in [1.807, 2.05) is 0 Å². The van der Waals surface area contributed by atoms with E-state index in [4.69, 9.17) is 16.6 Å². The Morgan fingerprint density at radius 3 is 2.57 bits per heavy atom. The molecule has 1 aromatic rings. The zero-order valence-electron chi connectivity index (χ0n) is 7.43. The van der Waals surface area contributed by atoms with Gasteiger partial charge < -0.3 is 16.6 Å². The van der Waals surface area contributed by atoms with Gasteiger partial charge in [0, 0.05) is 12.7 Å². The number of anilines is 2.